The molecule has 0 radical (unpaired) electrons. The van der Waals surface area contributed by atoms with Gasteiger partial charge in [0.15, 0.2) is 5.79 Å². The van der Waals surface area contributed by atoms with E-state index in [1.54, 1.807) is 0 Å². The highest BCUT2D eigenvalue weighted by molar-refractivity contribution is 9.08. The fourth-order valence-corrected chi connectivity index (χ4v) is 9.65. The molecule has 1 saturated heterocycles. The molecule has 2 aromatic carbocycles. The number of nitrogens with zero attached hydrogens (tertiary/aromatic N) is 4. The van der Waals surface area contributed by atoms with Crippen LogP contribution in [-0.4, -0.2) is 44.7 Å². The Bertz CT molecular complexity index is 1740. The first-order valence-corrected chi connectivity index (χ1v) is 19.5. The largest absolute Gasteiger partial charge is 0.372 e. The summed E-state index contributed by atoms with van der Waals surface area (Å²) in [6, 6.07) is 11.1. The minimum Gasteiger partial charge on any atom is -0.372 e. The lowest BCUT2D eigenvalue weighted by Gasteiger charge is -2.41. The van der Waals surface area contributed by atoms with Gasteiger partial charge in [-0.1, -0.05) is 74.5 Å². The molecule has 12 heteroatoms. The molecule has 4 saturated carbocycles. The van der Waals surface area contributed by atoms with E-state index in [1.165, 1.54) is 49.7 Å². The number of ether oxygens (including phenoxy) is 3. The smallest absolute Gasteiger partial charge is 0.174 e. The van der Waals surface area contributed by atoms with E-state index in [0.29, 0.717) is 50.4 Å². The minimum atomic E-state index is -0.327. The lowest BCUT2D eigenvalue weighted by Crippen LogP contribution is -2.47. The van der Waals surface area contributed by atoms with Gasteiger partial charge in [0.25, 0.3) is 0 Å². The minimum absolute atomic E-state index is 0.220. The molecule has 5 aliphatic rings. The van der Waals surface area contributed by atoms with E-state index >= 15 is 0 Å². The molecular formula is C36H37BrCl4N4O3. The van der Waals surface area contributed by atoms with Crippen LogP contribution in [0.25, 0.3) is 11.4 Å². The van der Waals surface area contributed by atoms with E-state index in [-0.39, 0.29) is 11.9 Å². The van der Waals surface area contributed by atoms with E-state index in [0.717, 1.165) is 54.1 Å². The van der Waals surface area contributed by atoms with Gasteiger partial charge in [0.1, 0.15) is 11.4 Å². The highest BCUT2D eigenvalue weighted by atomic mass is 79.9. The molecular weight excluding hydrogens is 758 g/mol. The molecule has 1 unspecified atom stereocenters. The zero-order valence-electron chi connectivity index (χ0n) is 26.4. The Morgan fingerprint density at radius 3 is 1.62 bits per heavy atom. The van der Waals surface area contributed by atoms with Crippen LogP contribution in [0.5, 0.6) is 0 Å². The number of aromatic nitrogens is 4. The molecule has 254 valence electrons. The fraction of sp³-hybridized carbons (Fsp3) is 0.500. The van der Waals surface area contributed by atoms with Crippen molar-refractivity contribution in [1.29, 1.82) is 0 Å². The predicted molar refractivity (Wildman–Crippen MR) is 192 cm³/mol. The van der Waals surface area contributed by atoms with Crippen molar-refractivity contribution in [2.45, 2.75) is 87.0 Å². The average Bonchev–Trinajstić information content (AvgIpc) is 3.96. The van der Waals surface area contributed by atoms with Crippen molar-refractivity contribution in [3.63, 3.8) is 0 Å². The summed E-state index contributed by atoms with van der Waals surface area (Å²) in [5.41, 5.74) is 6.30. The number of alkyl halides is 1. The van der Waals surface area contributed by atoms with Gasteiger partial charge in [-0.25, -0.2) is 9.36 Å². The topological polar surface area (TPSA) is 63.3 Å². The van der Waals surface area contributed by atoms with Crippen molar-refractivity contribution in [3.05, 3.63) is 91.4 Å². The van der Waals surface area contributed by atoms with Gasteiger partial charge in [0.2, 0.25) is 0 Å². The van der Waals surface area contributed by atoms with Crippen LogP contribution < -0.4 is 0 Å². The molecule has 0 N–H and O–H groups in total. The molecule has 4 aromatic rings. The molecule has 2 aromatic heterocycles. The molecule has 1 spiro atoms. The summed E-state index contributed by atoms with van der Waals surface area (Å²) in [6.07, 6.45) is 13.4. The summed E-state index contributed by atoms with van der Waals surface area (Å²) in [6.45, 7) is 1.97. The summed E-state index contributed by atoms with van der Waals surface area (Å²) in [7, 11) is 0. The highest BCUT2D eigenvalue weighted by Gasteiger charge is 2.58. The SMILES string of the molecule is Clc1cccc(Cl)c1-n1ncc(C2CC2)c1CBr.Clc1cccc(Cl)c1-n1ncc(C2CC2)c1COC1C[C@H]2CC[C@@H](C1)C21OCCO1. The second-order valence-corrected chi connectivity index (χ2v) is 15.7. The quantitative estimate of drug-likeness (QED) is 0.166. The Kier molecular flexibility index (Phi) is 9.66. The number of hydrogen-bond acceptors (Lipinski definition) is 5. The summed E-state index contributed by atoms with van der Waals surface area (Å²) in [5, 5.41) is 12.3. The maximum absolute atomic E-state index is 6.51. The Morgan fingerprint density at radius 2 is 1.17 bits per heavy atom. The number of hydrogen-bond donors (Lipinski definition) is 0. The lowest BCUT2D eigenvalue weighted by atomic mass is 9.81. The predicted octanol–water partition coefficient (Wildman–Crippen LogP) is 10.5. The zero-order valence-corrected chi connectivity index (χ0v) is 31.0. The van der Waals surface area contributed by atoms with Crippen LogP contribution in [-0.2, 0) is 26.1 Å². The molecule has 9 rings (SSSR count). The van der Waals surface area contributed by atoms with Crippen LogP contribution in [0.15, 0.2) is 48.8 Å². The first-order chi connectivity index (χ1) is 23.4. The Morgan fingerprint density at radius 1 is 0.708 bits per heavy atom. The second-order valence-electron chi connectivity index (χ2n) is 13.5. The molecule has 5 fully saturated rings. The third kappa shape index (κ3) is 6.27. The van der Waals surface area contributed by atoms with Crippen LogP contribution in [0.1, 0.15) is 85.7 Å². The fourth-order valence-electron chi connectivity index (χ4n) is 7.97. The highest BCUT2D eigenvalue weighted by Crippen LogP contribution is 2.54. The van der Waals surface area contributed by atoms with Crippen LogP contribution >= 0.6 is 62.3 Å². The van der Waals surface area contributed by atoms with E-state index in [9.17, 15) is 0 Å². The van der Waals surface area contributed by atoms with Crippen molar-refractivity contribution in [2.75, 3.05) is 13.2 Å². The van der Waals surface area contributed by atoms with Crippen molar-refractivity contribution >= 4 is 62.3 Å². The van der Waals surface area contributed by atoms with Gasteiger partial charge in [0.05, 0.1) is 69.8 Å². The number of rotatable bonds is 8. The standard InChI is InChI=1S/C23H26Cl2N2O3.C13H11BrCl2N2/c24-19-2-1-3-20(25)22(19)27-21(18(12-26-27)14-4-5-14)13-28-17-10-15-6-7-16(11-17)23(15)29-8-9-30-23;14-6-12-9(8-4-5-8)7-17-18(12)13-10(15)2-1-3-11(13)16/h1-3,12,14-17H,4-11,13H2;1-3,7-8H,4-6H2/t15-,16+,17?;. The van der Waals surface area contributed by atoms with Crippen LogP contribution in [0.2, 0.25) is 20.1 Å². The summed E-state index contributed by atoms with van der Waals surface area (Å²) >= 11 is 29.0. The van der Waals surface area contributed by atoms with Crippen molar-refractivity contribution in [2.24, 2.45) is 11.8 Å². The zero-order chi connectivity index (χ0) is 33.0. The normalized spacial score (nSPS) is 24.2. The summed E-state index contributed by atoms with van der Waals surface area (Å²) < 4.78 is 22.5. The van der Waals surface area contributed by atoms with E-state index < -0.39 is 0 Å². The molecule has 3 heterocycles. The number of halogens is 5. The maximum Gasteiger partial charge on any atom is 0.174 e. The Hall–Kier alpha value is -1.62. The van der Waals surface area contributed by atoms with Gasteiger partial charge in [-0.05, 0) is 98.6 Å². The molecule has 0 amide bonds. The van der Waals surface area contributed by atoms with Gasteiger partial charge < -0.3 is 14.2 Å². The summed E-state index contributed by atoms with van der Waals surface area (Å²) in [4.78, 5) is 0. The maximum atomic E-state index is 6.51. The van der Waals surface area contributed by atoms with Crippen molar-refractivity contribution in [1.82, 2.24) is 19.6 Å². The Balaban J connectivity index is 0.000000160. The van der Waals surface area contributed by atoms with Crippen LogP contribution in [0, 0.1) is 11.8 Å². The lowest BCUT2D eigenvalue weighted by molar-refractivity contribution is -0.238. The van der Waals surface area contributed by atoms with Gasteiger partial charge in [0, 0.05) is 17.2 Å². The van der Waals surface area contributed by atoms with E-state index in [1.807, 2.05) is 58.2 Å². The van der Waals surface area contributed by atoms with Crippen LogP contribution in [0.4, 0.5) is 0 Å². The van der Waals surface area contributed by atoms with E-state index in [2.05, 4.69) is 26.1 Å². The number of para-hydroxylation sites is 2. The van der Waals surface area contributed by atoms with E-state index in [4.69, 9.17) is 60.6 Å². The molecule has 1 aliphatic heterocycles. The monoisotopic (exact) mass is 792 g/mol. The first-order valence-electron chi connectivity index (χ1n) is 16.9. The number of benzene rings is 2. The summed E-state index contributed by atoms with van der Waals surface area (Å²) in [5.74, 6) is 1.78. The van der Waals surface area contributed by atoms with Gasteiger partial charge >= 0.3 is 0 Å². The third-order valence-electron chi connectivity index (χ3n) is 10.6. The molecule has 7 nitrogen and oxygen atoms in total. The van der Waals surface area contributed by atoms with Crippen LogP contribution in [0.3, 0.4) is 0 Å². The molecule has 2 bridgehead atoms. The molecule has 3 atom stereocenters. The van der Waals surface area contributed by atoms with Gasteiger partial charge in [-0.15, -0.1) is 0 Å². The average molecular weight is 795 g/mol. The third-order valence-corrected chi connectivity index (χ3v) is 12.3. The first kappa shape index (κ1) is 33.5. The van der Waals surface area contributed by atoms with Crippen molar-refractivity contribution < 1.29 is 14.2 Å². The van der Waals surface area contributed by atoms with Gasteiger partial charge in [-0.3, -0.25) is 0 Å². The molecule has 4 aliphatic carbocycles. The Labute approximate surface area is 309 Å². The second kappa shape index (κ2) is 13.8. The van der Waals surface area contributed by atoms with Crippen molar-refractivity contribution in [3.8, 4) is 11.4 Å². The molecule has 48 heavy (non-hydrogen) atoms. The van der Waals surface area contributed by atoms with Gasteiger partial charge in [-0.2, -0.15) is 10.2 Å².